The molecule has 0 unspecified atom stereocenters. The van der Waals surface area contributed by atoms with Crippen molar-refractivity contribution < 1.29 is 4.79 Å². The molecule has 0 spiro atoms. The molecular formula is C25H26N4OS. The van der Waals surface area contributed by atoms with E-state index < -0.39 is 0 Å². The van der Waals surface area contributed by atoms with Crippen LogP contribution in [0.15, 0.2) is 76.3 Å². The van der Waals surface area contributed by atoms with Crippen LogP contribution < -0.4 is 5.32 Å². The number of hydrogen-bond acceptors (Lipinski definition) is 4. The summed E-state index contributed by atoms with van der Waals surface area (Å²) in [6.45, 7) is 3.82. The molecule has 0 radical (unpaired) electrons. The van der Waals surface area contributed by atoms with Crippen LogP contribution in [0.2, 0.25) is 0 Å². The van der Waals surface area contributed by atoms with Gasteiger partial charge in [-0.15, -0.1) is 0 Å². The lowest BCUT2D eigenvalue weighted by Crippen LogP contribution is -2.27. The quantitative estimate of drug-likeness (QED) is 0.545. The Morgan fingerprint density at radius 1 is 1.10 bits per heavy atom. The SMILES string of the molecule is O=C(NCCC1=CCN(CCCc2ccccc2)C1)C1=Cc2cnc3cccc(n23)S1. The Hall–Kier alpha value is -2.83. The molecule has 0 bridgehead atoms. The molecule has 0 atom stereocenters. The maximum Gasteiger partial charge on any atom is 0.258 e. The Kier molecular flexibility index (Phi) is 5.91. The molecule has 5 nitrogen and oxygen atoms in total. The Morgan fingerprint density at radius 3 is 2.90 bits per heavy atom. The number of aryl methyl sites for hydroxylation is 1. The number of thioether (sulfide) groups is 1. The standard InChI is InChI=1S/C25H26N4OS/c30-25(22-16-21-17-27-23-9-4-10-24(31-22)29(21)23)26-13-11-20-12-15-28(18-20)14-5-8-19-6-2-1-3-7-19/h1-4,6-7,9-10,12,16-17H,5,8,11,13-15,18H2,(H,26,30). The molecule has 0 saturated carbocycles. The van der Waals surface area contributed by atoms with Gasteiger partial charge in [0, 0.05) is 19.6 Å². The number of rotatable bonds is 8. The zero-order chi connectivity index (χ0) is 21.0. The van der Waals surface area contributed by atoms with E-state index in [0.717, 1.165) is 53.7 Å². The van der Waals surface area contributed by atoms with Crippen molar-refractivity contribution in [2.45, 2.75) is 24.3 Å². The highest BCUT2D eigenvalue weighted by Gasteiger charge is 2.20. The second-order valence-electron chi connectivity index (χ2n) is 8.04. The minimum absolute atomic E-state index is 0.00670. The van der Waals surface area contributed by atoms with Crippen molar-refractivity contribution in [1.29, 1.82) is 0 Å². The summed E-state index contributed by atoms with van der Waals surface area (Å²) >= 11 is 1.50. The molecule has 4 heterocycles. The number of aromatic nitrogens is 2. The summed E-state index contributed by atoms with van der Waals surface area (Å²) in [5.41, 5.74) is 4.70. The molecule has 3 aromatic rings. The zero-order valence-electron chi connectivity index (χ0n) is 17.5. The van der Waals surface area contributed by atoms with Crippen molar-refractivity contribution >= 4 is 29.4 Å². The molecule has 0 aliphatic carbocycles. The summed E-state index contributed by atoms with van der Waals surface area (Å²) in [5, 5.41) is 4.13. The molecule has 31 heavy (non-hydrogen) atoms. The second kappa shape index (κ2) is 9.12. The summed E-state index contributed by atoms with van der Waals surface area (Å²) in [5.74, 6) is -0.00670. The lowest BCUT2D eigenvalue weighted by molar-refractivity contribution is -0.116. The van der Waals surface area contributed by atoms with Gasteiger partial charge >= 0.3 is 0 Å². The number of amides is 1. The third-order valence-corrected chi connectivity index (χ3v) is 6.87. The number of benzene rings is 1. The van der Waals surface area contributed by atoms with Crippen molar-refractivity contribution in [2.75, 3.05) is 26.2 Å². The van der Waals surface area contributed by atoms with E-state index in [1.54, 1.807) is 0 Å². The smallest absolute Gasteiger partial charge is 0.258 e. The Labute approximate surface area is 186 Å². The van der Waals surface area contributed by atoms with Crippen molar-refractivity contribution in [3.8, 4) is 0 Å². The fourth-order valence-corrected chi connectivity index (χ4v) is 5.21. The third-order valence-electron chi connectivity index (χ3n) is 5.82. The largest absolute Gasteiger partial charge is 0.351 e. The molecule has 2 aliphatic heterocycles. The third kappa shape index (κ3) is 4.60. The molecule has 0 saturated heterocycles. The first kappa shape index (κ1) is 20.1. The fourth-order valence-electron chi connectivity index (χ4n) is 4.20. The first-order valence-electron chi connectivity index (χ1n) is 10.8. The first-order chi connectivity index (χ1) is 15.3. The van der Waals surface area contributed by atoms with Crippen LogP contribution in [0.25, 0.3) is 11.7 Å². The highest BCUT2D eigenvalue weighted by molar-refractivity contribution is 8.04. The molecular weight excluding hydrogens is 404 g/mol. The van der Waals surface area contributed by atoms with Gasteiger partial charge < -0.3 is 5.32 Å². The average Bonchev–Trinajstić information content (AvgIpc) is 3.43. The Balaban J connectivity index is 1.06. The summed E-state index contributed by atoms with van der Waals surface area (Å²) in [4.78, 5) is 20.3. The predicted octanol–water partition coefficient (Wildman–Crippen LogP) is 4.16. The lowest BCUT2D eigenvalue weighted by atomic mass is 10.1. The van der Waals surface area contributed by atoms with E-state index in [4.69, 9.17) is 0 Å². The number of nitrogens with one attached hydrogen (secondary N) is 1. The molecule has 5 rings (SSSR count). The van der Waals surface area contributed by atoms with Crippen molar-refractivity contribution in [3.63, 3.8) is 0 Å². The molecule has 0 fully saturated rings. The normalized spacial score (nSPS) is 15.7. The summed E-state index contributed by atoms with van der Waals surface area (Å²) in [6, 6.07) is 16.7. The van der Waals surface area contributed by atoms with Crippen molar-refractivity contribution in [2.24, 2.45) is 0 Å². The van der Waals surface area contributed by atoms with Crippen LogP contribution in [0.3, 0.4) is 0 Å². The summed E-state index contributed by atoms with van der Waals surface area (Å²) < 4.78 is 2.08. The van der Waals surface area contributed by atoms with Crippen LogP contribution in [-0.2, 0) is 11.2 Å². The van der Waals surface area contributed by atoms with Crippen LogP contribution in [0.1, 0.15) is 24.1 Å². The number of pyridine rings is 1. The van der Waals surface area contributed by atoms with Crippen LogP contribution in [0, 0.1) is 0 Å². The highest BCUT2D eigenvalue weighted by Crippen LogP contribution is 2.34. The highest BCUT2D eigenvalue weighted by atomic mass is 32.2. The van der Waals surface area contributed by atoms with E-state index in [2.05, 4.69) is 56.0 Å². The van der Waals surface area contributed by atoms with Gasteiger partial charge in [0.15, 0.2) is 0 Å². The van der Waals surface area contributed by atoms with E-state index in [9.17, 15) is 4.79 Å². The number of carbonyl (C=O) groups excluding carboxylic acids is 1. The molecule has 2 aliphatic rings. The Bertz CT molecular complexity index is 1150. The van der Waals surface area contributed by atoms with Gasteiger partial charge in [-0.3, -0.25) is 14.1 Å². The fraction of sp³-hybridized carbons (Fsp3) is 0.280. The Morgan fingerprint density at radius 2 is 2.00 bits per heavy atom. The van der Waals surface area contributed by atoms with E-state index in [0.29, 0.717) is 6.54 Å². The van der Waals surface area contributed by atoms with Gasteiger partial charge in [0.1, 0.15) is 5.65 Å². The van der Waals surface area contributed by atoms with Crippen LogP contribution in [0.4, 0.5) is 0 Å². The van der Waals surface area contributed by atoms with E-state index in [-0.39, 0.29) is 5.91 Å². The maximum atomic E-state index is 12.7. The predicted molar refractivity (Wildman–Crippen MR) is 126 cm³/mol. The summed E-state index contributed by atoms with van der Waals surface area (Å²) in [7, 11) is 0. The lowest BCUT2D eigenvalue weighted by Gasteiger charge is -2.16. The minimum atomic E-state index is -0.00670. The topological polar surface area (TPSA) is 49.6 Å². The van der Waals surface area contributed by atoms with Gasteiger partial charge in [-0.1, -0.05) is 59.8 Å². The van der Waals surface area contributed by atoms with Gasteiger partial charge in [0.2, 0.25) is 0 Å². The van der Waals surface area contributed by atoms with Gasteiger partial charge in [0.05, 0.1) is 21.8 Å². The molecule has 1 N–H and O–H groups in total. The monoisotopic (exact) mass is 430 g/mol. The zero-order valence-corrected chi connectivity index (χ0v) is 18.3. The molecule has 2 aromatic heterocycles. The number of hydrogen-bond donors (Lipinski definition) is 1. The van der Waals surface area contributed by atoms with Crippen molar-refractivity contribution in [1.82, 2.24) is 19.6 Å². The maximum absolute atomic E-state index is 12.7. The van der Waals surface area contributed by atoms with Gasteiger partial charge in [-0.2, -0.15) is 0 Å². The van der Waals surface area contributed by atoms with E-state index in [1.165, 1.54) is 29.3 Å². The minimum Gasteiger partial charge on any atom is -0.351 e. The van der Waals surface area contributed by atoms with Gasteiger partial charge in [0.25, 0.3) is 5.91 Å². The number of imidazole rings is 1. The molecule has 158 valence electrons. The van der Waals surface area contributed by atoms with Crippen LogP contribution in [0.5, 0.6) is 0 Å². The first-order valence-corrected chi connectivity index (χ1v) is 11.7. The van der Waals surface area contributed by atoms with E-state index >= 15 is 0 Å². The second-order valence-corrected chi connectivity index (χ2v) is 9.11. The van der Waals surface area contributed by atoms with Crippen LogP contribution >= 0.6 is 11.8 Å². The van der Waals surface area contributed by atoms with Crippen LogP contribution in [-0.4, -0.2) is 46.4 Å². The summed E-state index contributed by atoms with van der Waals surface area (Å²) in [6.07, 6.45) is 9.28. The number of carbonyl (C=O) groups is 1. The van der Waals surface area contributed by atoms with Gasteiger partial charge in [-0.05, 0) is 49.6 Å². The number of nitrogens with zero attached hydrogens (tertiary/aromatic N) is 3. The van der Waals surface area contributed by atoms with E-state index in [1.807, 2.05) is 30.5 Å². The molecule has 6 heteroatoms. The van der Waals surface area contributed by atoms with Crippen molar-refractivity contribution in [3.05, 3.63) is 82.5 Å². The molecule has 1 aromatic carbocycles. The van der Waals surface area contributed by atoms with Gasteiger partial charge in [-0.25, -0.2) is 4.98 Å². The molecule has 1 amide bonds. The average molecular weight is 431 g/mol.